The van der Waals surface area contributed by atoms with Crippen molar-refractivity contribution in [2.45, 2.75) is 6.18 Å². The number of hydrogen-bond donors (Lipinski definition) is 0. The van der Waals surface area contributed by atoms with Gasteiger partial charge in [0.15, 0.2) is 5.78 Å². The van der Waals surface area contributed by atoms with Gasteiger partial charge in [0.2, 0.25) is 0 Å². The maximum absolute atomic E-state index is 12.4. The van der Waals surface area contributed by atoms with E-state index in [1.165, 1.54) is 12.1 Å². The fraction of sp³-hybridized carbons (Fsp3) is 0.0714. The number of rotatable bonds is 2. The molecule has 0 N–H and O–H groups in total. The minimum Gasteiger partial charge on any atom is -0.289 e. The summed E-state index contributed by atoms with van der Waals surface area (Å²) < 4.78 is 38.0. The molecule has 1 nitrogen and oxygen atoms in total. The lowest BCUT2D eigenvalue weighted by Gasteiger charge is -2.07. The number of hydrogen-bond acceptors (Lipinski definition) is 1. The van der Waals surface area contributed by atoms with Gasteiger partial charge >= 0.3 is 6.18 Å². The summed E-state index contributed by atoms with van der Waals surface area (Å²) in [5, 5.41) is 0. The van der Waals surface area contributed by atoms with Crippen molar-refractivity contribution >= 4 is 21.7 Å². The van der Waals surface area contributed by atoms with Crippen molar-refractivity contribution in [3.8, 4) is 0 Å². The van der Waals surface area contributed by atoms with E-state index in [2.05, 4.69) is 15.9 Å². The van der Waals surface area contributed by atoms with Gasteiger partial charge in [-0.2, -0.15) is 13.2 Å². The molecule has 0 aliphatic rings. The first-order valence-corrected chi connectivity index (χ1v) is 6.15. The Kier molecular flexibility index (Phi) is 3.75. The predicted molar refractivity (Wildman–Crippen MR) is 69.0 cm³/mol. The molecule has 0 saturated heterocycles. The van der Waals surface area contributed by atoms with E-state index in [4.69, 9.17) is 0 Å². The number of alkyl halides is 3. The topological polar surface area (TPSA) is 17.1 Å². The SMILES string of the molecule is O=C(c1ccc(Br)cc1)c1ccc(C(F)(F)F)cc1. The molecule has 19 heavy (non-hydrogen) atoms. The molecule has 0 heterocycles. The third-order valence-electron chi connectivity index (χ3n) is 2.58. The average molecular weight is 329 g/mol. The Morgan fingerprint density at radius 1 is 0.842 bits per heavy atom. The molecule has 2 aromatic rings. The molecule has 0 unspecified atom stereocenters. The summed E-state index contributed by atoms with van der Waals surface area (Å²) in [7, 11) is 0. The standard InChI is InChI=1S/C14H8BrF3O/c15-12-7-3-10(4-8-12)13(19)9-1-5-11(6-2-9)14(16,17)18/h1-8H. The number of halogens is 4. The Bertz CT molecular complexity index is 586. The van der Waals surface area contributed by atoms with Crippen molar-refractivity contribution in [1.29, 1.82) is 0 Å². The lowest BCUT2D eigenvalue weighted by molar-refractivity contribution is -0.137. The summed E-state index contributed by atoms with van der Waals surface area (Å²) in [4.78, 5) is 12.0. The van der Waals surface area contributed by atoms with Crippen LogP contribution in [0.15, 0.2) is 53.0 Å². The second-order valence-electron chi connectivity index (χ2n) is 3.91. The van der Waals surface area contributed by atoms with E-state index in [1.54, 1.807) is 24.3 Å². The lowest BCUT2D eigenvalue weighted by atomic mass is 10.0. The highest BCUT2D eigenvalue weighted by Crippen LogP contribution is 2.29. The maximum Gasteiger partial charge on any atom is 0.416 e. The van der Waals surface area contributed by atoms with Gasteiger partial charge in [0.1, 0.15) is 0 Å². The van der Waals surface area contributed by atoms with E-state index in [0.717, 1.165) is 16.6 Å². The fourth-order valence-corrected chi connectivity index (χ4v) is 1.84. The van der Waals surface area contributed by atoms with Crippen LogP contribution in [0.3, 0.4) is 0 Å². The number of carbonyl (C=O) groups excluding carboxylic acids is 1. The Morgan fingerprint density at radius 3 is 1.68 bits per heavy atom. The van der Waals surface area contributed by atoms with Gasteiger partial charge in [0.25, 0.3) is 0 Å². The first-order chi connectivity index (χ1) is 8.88. The van der Waals surface area contributed by atoms with E-state index < -0.39 is 11.7 Å². The van der Waals surface area contributed by atoms with E-state index in [-0.39, 0.29) is 11.3 Å². The van der Waals surface area contributed by atoms with E-state index >= 15 is 0 Å². The molecule has 2 rings (SSSR count). The highest BCUT2D eigenvalue weighted by atomic mass is 79.9. The molecule has 5 heteroatoms. The fourth-order valence-electron chi connectivity index (χ4n) is 1.58. The van der Waals surface area contributed by atoms with Gasteiger partial charge in [0.05, 0.1) is 5.56 Å². The summed E-state index contributed by atoms with van der Waals surface area (Å²) >= 11 is 3.25. The number of benzene rings is 2. The molecule has 0 aliphatic heterocycles. The van der Waals surface area contributed by atoms with E-state index in [1.807, 2.05) is 0 Å². The Labute approximate surface area is 116 Å². The van der Waals surface area contributed by atoms with Crippen LogP contribution in [0.4, 0.5) is 13.2 Å². The summed E-state index contributed by atoms with van der Waals surface area (Å²) in [6, 6.07) is 10.8. The van der Waals surface area contributed by atoms with Gasteiger partial charge in [-0.25, -0.2) is 0 Å². The zero-order chi connectivity index (χ0) is 14.0. The normalized spacial score (nSPS) is 11.4. The van der Waals surface area contributed by atoms with Gasteiger partial charge in [-0.3, -0.25) is 4.79 Å². The Hall–Kier alpha value is -1.62. The molecule has 0 atom stereocenters. The first-order valence-electron chi connectivity index (χ1n) is 5.35. The third kappa shape index (κ3) is 3.23. The average Bonchev–Trinajstić information content (AvgIpc) is 2.38. The van der Waals surface area contributed by atoms with Crippen molar-refractivity contribution in [3.05, 3.63) is 69.7 Å². The van der Waals surface area contributed by atoms with Crippen molar-refractivity contribution in [2.24, 2.45) is 0 Å². The molecule has 0 aliphatic carbocycles. The largest absolute Gasteiger partial charge is 0.416 e. The second kappa shape index (κ2) is 5.17. The molecule has 0 spiro atoms. The highest BCUT2D eigenvalue weighted by molar-refractivity contribution is 9.10. The minimum absolute atomic E-state index is 0.232. The molecule has 0 radical (unpaired) electrons. The lowest BCUT2D eigenvalue weighted by Crippen LogP contribution is -2.06. The smallest absolute Gasteiger partial charge is 0.289 e. The molecule has 0 amide bonds. The van der Waals surface area contributed by atoms with Crippen molar-refractivity contribution in [3.63, 3.8) is 0 Å². The summed E-state index contributed by atoms with van der Waals surface area (Å²) in [6.45, 7) is 0. The van der Waals surface area contributed by atoms with Crippen LogP contribution in [-0.2, 0) is 6.18 Å². The molecule has 0 bridgehead atoms. The van der Waals surface area contributed by atoms with Gasteiger partial charge in [0, 0.05) is 15.6 Å². The molecular weight excluding hydrogens is 321 g/mol. The number of carbonyl (C=O) groups is 1. The molecule has 0 fully saturated rings. The predicted octanol–water partition coefficient (Wildman–Crippen LogP) is 4.70. The van der Waals surface area contributed by atoms with E-state index in [0.29, 0.717) is 5.56 Å². The molecule has 0 aromatic heterocycles. The van der Waals surface area contributed by atoms with Crippen LogP contribution in [0.25, 0.3) is 0 Å². The molecule has 98 valence electrons. The van der Waals surface area contributed by atoms with Crippen LogP contribution in [0.5, 0.6) is 0 Å². The third-order valence-corrected chi connectivity index (χ3v) is 3.11. The van der Waals surface area contributed by atoms with Crippen molar-refractivity contribution in [2.75, 3.05) is 0 Å². The van der Waals surface area contributed by atoms with Crippen LogP contribution >= 0.6 is 15.9 Å². The highest BCUT2D eigenvalue weighted by Gasteiger charge is 2.30. The molecule has 0 saturated carbocycles. The van der Waals surface area contributed by atoms with Crippen molar-refractivity contribution in [1.82, 2.24) is 0 Å². The zero-order valence-corrected chi connectivity index (χ0v) is 11.1. The van der Waals surface area contributed by atoms with Gasteiger partial charge in [-0.05, 0) is 36.4 Å². The summed E-state index contributed by atoms with van der Waals surface area (Å²) in [6.07, 6.45) is -4.39. The van der Waals surface area contributed by atoms with Gasteiger partial charge in [-0.1, -0.05) is 28.1 Å². The van der Waals surface area contributed by atoms with E-state index in [9.17, 15) is 18.0 Å². The second-order valence-corrected chi connectivity index (χ2v) is 4.83. The van der Waals surface area contributed by atoms with Crippen LogP contribution in [0.2, 0.25) is 0 Å². The monoisotopic (exact) mass is 328 g/mol. The van der Waals surface area contributed by atoms with Crippen LogP contribution in [0, 0.1) is 0 Å². The minimum atomic E-state index is -4.39. The van der Waals surface area contributed by atoms with Gasteiger partial charge < -0.3 is 0 Å². The quantitative estimate of drug-likeness (QED) is 0.730. The first kappa shape index (κ1) is 13.8. The maximum atomic E-state index is 12.4. The van der Waals surface area contributed by atoms with Crippen LogP contribution in [-0.4, -0.2) is 5.78 Å². The van der Waals surface area contributed by atoms with Crippen molar-refractivity contribution < 1.29 is 18.0 Å². The van der Waals surface area contributed by atoms with Crippen LogP contribution in [0.1, 0.15) is 21.5 Å². The zero-order valence-electron chi connectivity index (χ0n) is 9.54. The number of ketones is 1. The van der Waals surface area contributed by atoms with Gasteiger partial charge in [-0.15, -0.1) is 0 Å². The molecule has 2 aromatic carbocycles. The Balaban J connectivity index is 2.27. The molecular formula is C14H8BrF3O. The summed E-state index contributed by atoms with van der Waals surface area (Å²) in [5.74, 6) is -0.304. The summed E-state index contributed by atoms with van der Waals surface area (Å²) in [5.41, 5.74) is -0.0989. The Morgan fingerprint density at radius 2 is 1.26 bits per heavy atom. The van der Waals surface area contributed by atoms with Crippen LogP contribution < -0.4 is 0 Å².